The van der Waals surface area contributed by atoms with Crippen molar-refractivity contribution in [1.82, 2.24) is 0 Å². The molecule has 2 fully saturated rings. The predicted octanol–water partition coefficient (Wildman–Crippen LogP) is 10.0. The first-order valence-electron chi connectivity index (χ1n) is 13.7. The molecule has 0 aliphatic heterocycles. The van der Waals surface area contributed by atoms with Crippen LogP contribution in [0, 0.1) is 41.0 Å². The van der Waals surface area contributed by atoms with Gasteiger partial charge in [-0.3, -0.25) is 0 Å². The average Bonchev–Trinajstić information content (AvgIpc) is 2.87. The van der Waals surface area contributed by atoms with Gasteiger partial charge in [0, 0.05) is 12.1 Å². The molecule has 0 amide bonds. The van der Waals surface area contributed by atoms with Gasteiger partial charge >= 0.3 is 6.11 Å². The Bertz CT molecular complexity index is 1020. The summed E-state index contributed by atoms with van der Waals surface area (Å²) in [6, 6.07) is 4.16. The molecule has 0 N–H and O–H groups in total. The first-order chi connectivity index (χ1) is 17.7. The standard InChI is InChI=1S/C30H36F6O/c1-2-3-4-5-19-6-8-20(9-7-19)21-10-12-22(13-11-21)23-14-15-25(26(31)16-23)30(35,36)37-24-17-27(32)29(34)28(33)18-24/h14-22H,2-13H2,1H3/t19-,20-,21-,22-. The quantitative estimate of drug-likeness (QED) is 0.179. The molecule has 2 aromatic rings. The molecule has 0 atom stereocenters. The van der Waals surface area contributed by atoms with Gasteiger partial charge in [-0.15, -0.1) is 0 Å². The molecule has 2 aliphatic rings. The monoisotopic (exact) mass is 526 g/mol. The van der Waals surface area contributed by atoms with Crippen LogP contribution >= 0.6 is 0 Å². The lowest BCUT2D eigenvalue weighted by Crippen LogP contribution is -2.26. The van der Waals surface area contributed by atoms with Crippen molar-refractivity contribution >= 4 is 0 Å². The second-order valence-electron chi connectivity index (χ2n) is 10.9. The van der Waals surface area contributed by atoms with Crippen molar-refractivity contribution in [2.75, 3.05) is 0 Å². The van der Waals surface area contributed by atoms with Crippen LogP contribution < -0.4 is 4.74 Å². The summed E-state index contributed by atoms with van der Waals surface area (Å²) >= 11 is 0. The Kier molecular flexibility index (Phi) is 9.12. The molecule has 2 aliphatic carbocycles. The Morgan fingerprint density at radius 2 is 1.35 bits per heavy atom. The molecular weight excluding hydrogens is 490 g/mol. The molecule has 0 radical (unpaired) electrons. The average molecular weight is 527 g/mol. The lowest BCUT2D eigenvalue weighted by atomic mass is 9.68. The minimum Gasteiger partial charge on any atom is -0.429 e. The van der Waals surface area contributed by atoms with Crippen molar-refractivity contribution in [1.29, 1.82) is 0 Å². The summed E-state index contributed by atoms with van der Waals surface area (Å²) in [6.45, 7) is 2.24. The van der Waals surface area contributed by atoms with Crippen molar-refractivity contribution in [2.24, 2.45) is 17.8 Å². The molecule has 0 bridgehead atoms. The summed E-state index contributed by atoms with van der Waals surface area (Å²) in [6.07, 6.45) is 10.3. The van der Waals surface area contributed by atoms with Crippen LogP contribution in [0.5, 0.6) is 5.75 Å². The highest BCUT2D eigenvalue weighted by Gasteiger charge is 2.39. The van der Waals surface area contributed by atoms with Crippen molar-refractivity contribution in [3.8, 4) is 5.75 Å². The second kappa shape index (κ2) is 12.1. The van der Waals surface area contributed by atoms with E-state index in [1.807, 2.05) is 0 Å². The zero-order valence-corrected chi connectivity index (χ0v) is 21.4. The summed E-state index contributed by atoms with van der Waals surface area (Å²) in [5.41, 5.74) is -0.361. The Morgan fingerprint density at radius 1 is 0.757 bits per heavy atom. The van der Waals surface area contributed by atoms with E-state index in [0.29, 0.717) is 23.6 Å². The lowest BCUT2D eigenvalue weighted by molar-refractivity contribution is -0.187. The largest absolute Gasteiger partial charge is 0.429 e. The highest BCUT2D eigenvalue weighted by Crippen LogP contribution is 2.45. The van der Waals surface area contributed by atoms with Crippen molar-refractivity contribution < 1.29 is 31.1 Å². The molecule has 2 saturated carbocycles. The number of alkyl halides is 2. The Balaban J connectivity index is 1.32. The first-order valence-corrected chi connectivity index (χ1v) is 13.7. The zero-order chi connectivity index (χ0) is 26.6. The van der Waals surface area contributed by atoms with Gasteiger partial charge in [-0.05, 0) is 79.9 Å². The fraction of sp³-hybridized carbons (Fsp3) is 0.600. The number of unbranched alkanes of at least 4 members (excludes halogenated alkanes) is 2. The van der Waals surface area contributed by atoms with E-state index in [4.69, 9.17) is 0 Å². The van der Waals surface area contributed by atoms with Gasteiger partial charge in [0.05, 0.1) is 5.56 Å². The zero-order valence-electron chi connectivity index (χ0n) is 21.4. The highest BCUT2D eigenvalue weighted by molar-refractivity contribution is 5.31. The Hall–Kier alpha value is -2.18. The topological polar surface area (TPSA) is 9.23 Å². The van der Waals surface area contributed by atoms with E-state index in [-0.39, 0.29) is 5.92 Å². The molecular formula is C30H36F6O. The third kappa shape index (κ3) is 6.83. The van der Waals surface area contributed by atoms with Gasteiger partial charge in [0.25, 0.3) is 0 Å². The maximum atomic E-state index is 14.8. The third-order valence-electron chi connectivity index (χ3n) is 8.53. The maximum absolute atomic E-state index is 14.8. The first kappa shape index (κ1) is 27.8. The van der Waals surface area contributed by atoms with Gasteiger partial charge < -0.3 is 4.74 Å². The van der Waals surface area contributed by atoms with Crippen molar-refractivity contribution in [3.05, 3.63) is 64.7 Å². The molecule has 0 unspecified atom stereocenters. The fourth-order valence-corrected chi connectivity index (χ4v) is 6.37. The van der Waals surface area contributed by atoms with E-state index in [0.717, 1.165) is 49.7 Å². The van der Waals surface area contributed by atoms with E-state index < -0.39 is 40.7 Å². The van der Waals surface area contributed by atoms with E-state index in [1.165, 1.54) is 57.4 Å². The van der Waals surface area contributed by atoms with Gasteiger partial charge in [-0.25, -0.2) is 17.6 Å². The molecule has 0 spiro atoms. The molecule has 37 heavy (non-hydrogen) atoms. The highest BCUT2D eigenvalue weighted by atomic mass is 19.3. The van der Waals surface area contributed by atoms with Gasteiger partial charge in [0.1, 0.15) is 11.6 Å². The van der Waals surface area contributed by atoms with Crippen LogP contribution in [0.1, 0.15) is 101 Å². The molecule has 0 aromatic heterocycles. The van der Waals surface area contributed by atoms with Crippen molar-refractivity contribution in [2.45, 2.75) is 96.0 Å². The summed E-state index contributed by atoms with van der Waals surface area (Å²) in [4.78, 5) is 0. The van der Waals surface area contributed by atoms with E-state index in [1.54, 1.807) is 0 Å². The number of ether oxygens (including phenoxy) is 1. The maximum Gasteiger partial charge on any atom is 0.429 e. The number of benzene rings is 2. The molecule has 204 valence electrons. The Labute approximate surface area is 215 Å². The molecule has 7 heteroatoms. The van der Waals surface area contributed by atoms with Gasteiger partial charge in [0.15, 0.2) is 17.5 Å². The van der Waals surface area contributed by atoms with E-state index in [9.17, 15) is 26.3 Å². The number of hydrogen-bond acceptors (Lipinski definition) is 1. The summed E-state index contributed by atoms with van der Waals surface area (Å²) < 4.78 is 88.2. The van der Waals surface area contributed by atoms with Crippen LogP contribution in [0.3, 0.4) is 0 Å². The van der Waals surface area contributed by atoms with Crippen LogP contribution in [0.2, 0.25) is 0 Å². The molecule has 0 saturated heterocycles. The molecule has 1 nitrogen and oxygen atoms in total. The van der Waals surface area contributed by atoms with Gasteiger partial charge in [-0.2, -0.15) is 8.78 Å². The minimum atomic E-state index is -4.19. The third-order valence-corrected chi connectivity index (χ3v) is 8.53. The fourth-order valence-electron chi connectivity index (χ4n) is 6.37. The van der Waals surface area contributed by atoms with Crippen LogP contribution in [0.15, 0.2) is 30.3 Å². The lowest BCUT2D eigenvalue weighted by Gasteiger charge is -2.38. The van der Waals surface area contributed by atoms with Crippen molar-refractivity contribution in [3.63, 3.8) is 0 Å². The second-order valence-corrected chi connectivity index (χ2v) is 10.9. The van der Waals surface area contributed by atoms with Crippen LogP contribution in [0.25, 0.3) is 0 Å². The smallest absolute Gasteiger partial charge is 0.429 e. The van der Waals surface area contributed by atoms with Crippen LogP contribution in [-0.2, 0) is 6.11 Å². The molecule has 0 heterocycles. The predicted molar refractivity (Wildman–Crippen MR) is 132 cm³/mol. The number of halogens is 6. The van der Waals surface area contributed by atoms with E-state index in [2.05, 4.69) is 11.7 Å². The van der Waals surface area contributed by atoms with Crippen LogP contribution in [0.4, 0.5) is 26.3 Å². The normalized spacial score (nSPS) is 24.7. The Morgan fingerprint density at radius 3 is 1.92 bits per heavy atom. The summed E-state index contributed by atoms with van der Waals surface area (Å²) in [5, 5.41) is 0. The van der Waals surface area contributed by atoms with Gasteiger partial charge in [-0.1, -0.05) is 51.5 Å². The number of rotatable bonds is 9. The molecule has 4 rings (SSSR count). The SMILES string of the molecule is CCCCC[C@H]1CC[C@H]([C@H]2CC[C@H](c3ccc(C(F)(F)Oc4cc(F)c(F)c(F)c4)c(F)c3)CC2)CC1. The number of hydrogen-bond donors (Lipinski definition) is 0. The van der Waals surface area contributed by atoms with Crippen LogP contribution in [-0.4, -0.2) is 0 Å². The molecule has 2 aromatic carbocycles. The summed E-state index contributed by atoms with van der Waals surface area (Å²) in [5.74, 6) is -4.77. The summed E-state index contributed by atoms with van der Waals surface area (Å²) in [7, 11) is 0. The minimum absolute atomic E-state index is 0.111. The van der Waals surface area contributed by atoms with Gasteiger partial charge in [0.2, 0.25) is 0 Å². The van der Waals surface area contributed by atoms with E-state index >= 15 is 0 Å².